The van der Waals surface area contributed by atoms with E-state index in [1.54, 1.807) is 0 Å². The van der Waals surface area contributed by atoms with Gasteiger partial charge in [-0.2, -0.15) is 0 Å². The average molecular weight is 335 g/mol. The van der Waals surface area contributed by atoms with Crippen molar-refractivity contribution >= 4 is 23.8 Å². The Kier molecular flexibility index (Phi) is 2.66. The van der Waals surface area contributed by atoms with E-state index in [4.69, 9.17) is 0 Å². The number of aromatic nitrogens is 1. The Labute approximate surface area is 144 Å². The number of aromatic amines is 1. The lowest BCUT2D eigenvalue weighted by molar-refractivity contribution is -0.121. The van der Waals surface area contributed by atoms with Crippen molar-refractivity contribution in [2.24, 2.45) is 0 Å². The quantitative estimate of drug-likeness (QED) is 0.780. The van der Waals surface area contributed by atoms with E-state index in [0.29, 0.717) is 30.6 Å². The predicted molar refractivity (Wildman–Crippen MR) is 90.8 cm³/mol. The summed E-state index contributed by atoms with van der Waals surface area (Å²) in [5, 5.41) is 2.98. The van der Waals surface area contributed by atoms with Gasteiger partial charge < -0.3 is 15.2 Å². The molecular formula is C19H17N3O3. The van der Waals surface area contributed by atoms with Crippen molar-refractivity contribution in [3.8, 4) is 0 Å². The second-order valence-corrected chi connectivity index (χ2v) is 7.07. The number of carbonyl (C=O) groups is 3. The topological polar surface area (TPSA) is 82.3 Å². The summed E-state index contributed by atoms with van der Waals surface area (Å²) in [6.45, 7) is 2.36. The fraction of sp³-hybridized carbons (Fsp3) is 0.316. The number of rotatable bonds is 1. The number of hydrogen-bond donors (Lipinski definition) is 2. The van der Waals surface area contributed by atoms with Crippen LogP contribution in [-0.2, 0) is 16.6 Å². The molecule has 6 nitrogen and oxygen atoms in total. The van der Waals surface area contributed by atoms with Gasteiger partial charge in [0.15, 0.2) is 6.29 Å². The third-order valence-electron chi connectivity index (χ3n) is 6.07. The molecule has 126 valence electrons. The fourth-order valence-electron chi connectivity index (χ4n) is 4.97. The highest BCUT2D eigenvalue weighted by Crippen LogP contribution is 2.51. The van der Waals surface area contributed by atoms with Gasteiger partial charge in [-0.05, 0) is 37.0 Å². The zero-order valence-electron chi connectivity index (χ0n) is 13.8. The number of fused-ring (bicyclic) bond motifs is 5. The van der Waals surface area contributed by atoms with Gasteiger partial charge in [-0.15, -0.1) is 0 Å². The van der Waals surface area contributed by atoms with E-state index in [1.807, 2.05) is 36.1 Å². The Morgan fingerprint density at radius 1 is 1.28 bits per heavy atom. The predicted octanol–water partition coefficient (Wildman–Crippen LogP) is 1.80. The van der Waals surface area contributed by atoms with Crippen molar-refractivity contribution in [3.05, 3.63) is 52.3 Å². The summed E-state index contributed by atoms with van der Waals surface area (Å²) in [7, 11) is 0. The number of anilines is 1. The van der Waals surface area contributed by atoms with E-state index in [1.165, 1.54) is 0 Å². The lowest BCUT2D eigenvalue weighted by Crippen LogP contribution is -2.52. The number of aldehydes is 1. The van der Waals surface area contributed by atoms with Crippen LogP contribution in [0, 0.1) is 6.92 Å². The second-order valence-electron chi connectivity index (χ2n) is 7.07. The van der Waals surface area contributed by atoms with Gasteiger partial charge in [0.05, 0.1) is 22.7 Å². The molecule has 2 unspecified atom stereocenters. The highest BCUT2D eigenvalue weighted by atomic mass is 16.2. The van der Waals surface area contributed by atoms with Gasteiger partial charge >= 0.3 is 0 Å². The number of para-hydroxylation sites is 1. The van der Waals surface area contributed by atoms with Crippen LogP contribution in [-0.4, -0.2) is 40.6 Å². The highest BCUT2D eigenvalue weighted by Gasteiger charge is 2.60. The summed E-state index contributed by atoms with van der Waals surface area (Å²) in [6.07, 6.45) is 1.88. The molecule has 2 amide bonds. The largest absolute Gasteiger partial charge is 0.356 e. The fourth-order valence-corrected chi connectivity index (χ4v) is 4.97. The van der Waals surface area contributed by atoms with Gasteiger partial charge in [0.2, 0.25) is 5.91 Å². The Balaban J connectivity index is 1.70. The summed E-state index contributed by atoms with van der Waals surface area (Å²) in [5.74, 6) is -0.125. The molecule has 6 heteroatoms. The molecular weight excluding hydrogens is 318 g/mol. The van der Waals surface area contributed by atoms with Crippen molar-refractivity contribution in [1.29, 1.82) is 0 Å². The summed E-state index contributed by atoms with van der Waals surface area (Å²) in [5.41, 5.74) is 3.58. The molecule has 0 aliphatic carbocycles. The van der Waals surface area contributed by atoms with Crippen molar-refractivity contribution < 1.29 is 14.4 Å². The number of hydrogen-bond acceptors (Lipinski definition) is 3. The molecule has 0 bridgehead atoms. The van der Waals surface area contributed by atoms with Crippen LogP contribution in [0.4, 0.5) is 5.69 Å². The highest BCUT2D eigenvalue weighted by molar-refractivity contribution is 6.09. The van der Waals surface area contributed by atoms with Crippen LogP contribution in [0.2, 0.25) is 0 Å². The van der Waals surface area contributed by atoms with Crippen LogP contribution in [0.3, 0.4) is 0 Å². The number of amides is 2. The molecule has 1 spiro atoms. The molecule has 1 fully saturated rings. The van der Waals surface area contributed by atoms with E-state index < -0.39 is 5.41 Å². The molecule has 4 heterocycles. The van der Waals surface area contributed by atoms with E-state index in [2.05, 4.69) is 10.3 Å². The van der Waals surface area contributed by atoms with Gasteiger partial charge in [0.25, 0.3) is 5.91 Å². The Bertz CT molecular complexity index is 961. The van der Waals surface area contributed by atoms with Crippen LogP contribution in [0.1, 0.15) is 44.1 Å². The summed E-state index contributed by atoms with van der Waals surface area (Å²) in [6, 6.07) is 7.44. The van der Waals surface area contributed by atoms with Gasteiger partial charge in [-0.1, -0.05) is 18.2 Å². The second kappa shape index (κ2) is 4.59. The molecule has 1 aromatic heterocycles. The number of nitrogens with one attached hydrogen (secondary N) is 2. The maximum atomic E-state index is 13.1. The van der Waals surface area contributed by atoms with Crippen molar-refractivity contribution in [2.45, 2.75) is 31.2 Å². The summed E-state index contributed by atoms with van der Waals surface area (Å²) in [4.78, 5) is 42.3. The molecule has 2 aromatic rings. The maximum absolute atomic E-state index is 13.1. The van der Waals surface area contributed by atoms with Crippen molar-refractivity contribution in [3.63, 3.8) is 0 Å². The standard InChI is InChI=1S/C19H17N3O3/c1-10-16-11(14(9-23)20-10)8-15-19(6-7-22(15)17(16)24)12-4-2-3-5-13(12)21-18(19)25/h2-5,9,15,20H,6-8H2,1H3,(H,21,25). The molecule has 1 aromatic carbocycles. The lowest BCUT2D eigenvalue weighted by atomic mass is 9.72. The first-order valence-electron chi connectivity index (χ1n) is 8.46. The number of nitrogens with zero attached hydrogens (tertiary/aromatic N) is 1. The lowest BCUT2D eigenvalue weighted by Gasteiger charge is -2.37. The maximum Gasteiger partial charge on any atom is 0.256 e. The normalized spacial score (nSPS) is 26.4. The minimum absolute atomic E-state index is 0.0441. The first kappa shape index (κ1) is 14.5. The number of benzene rings is 1. The third-order valence-corrected chi connectivity index (χ3v) is 6.07. The molecule has 2 N–H and O–H groups in total. The molecule has 0 radical (unpaired) electrons. The SMILES string of the molecule is Cc1[nH]c(C=O)c2c1C(=O)N1CCC3(C(=O)Nc4ccccc43)C1C2. The Hall–Kier alpha value is -2.89. The molecule has 3 aliphatic heterocycles. The molecule has 2 atom stereocenters. The Morgan fingerprint density at radius 2 is 2.08 bits per heavy atom. The number of aryl methyl sites for hydroxylation is 1. The third kappa shape index (κ3) is 1.57. The van der Waals surface area contributed by atoms with Gasteiger partial charge in [-0.3, -0.25) is 14.4 Å². The summed E-state index contributed by atoms with van der Waals surface area (Å²) < 4.78 is 0. The molecule has 5 rings (SSSR count). The molecule has 1 saturated heterocycles. The van der Waals surface area contributed by atoms with E-state index in [0.717, 1.165) is 28.8 Å². The Morgan fingerprint density at radius 3 is 2.88 bits per heavy atom. The monoisotopic (exact) mass is 335 g/mol. The van der Waals surface area contributed by atoms with Crippen LogP contribution in [0.5, 0.6) is 0 Å². The molecule has 3 aliphatic rings. The van der Waals surface area contributed by atoms with Crippen LogP contribution in [0.15, 0.2) is 24.3 Å². The van der Waals surface area contributed by atoms with Crippen LogP contribution < -0.4 is 5.32 Å². The first-order chi connectivity index (χ1) is 12.1. The van der Waals surface area contributed by atoms with E-state index in [-0.39, 0.29) is 17.9 Å². The zero-order chi connectivity index (χ0) is 17.3. The van der Waals surface area contributed by atoms with Gasteiger partial charge in [0, 0.05) is 17.9 Å². The van der Waals surface area contributed by atoms with Crippen molar-refractivity contribution in [2.75, 3.05) is 11.9 Å². The van der Waals surface area contributed by atoms with Gasteiger partial charge in [-0.25, -0.2) is 0 Å². The van der Waals surface area contributed by atoms with Crippen LogP contribution >= 0.6 is 0 Å². The van der Waals surface area contributed by atoms with Crippen molar-refractivity contribution in [1.82, 2.24) is 9.88 Å². The number of H-pyrrole nitrogens is 1. The summed E-state index contributed by atoms with van der Waals surface area (Å²) >= 11 is 0. The average Bonchev–Trinajstić information content (AvgIpc) is 3.23. The number of carbonyl (C=O) groups excluding carboxylic acids is 3. The van der Waals surface area contributed by atoms with E-state index >= 15 is 0 Å². The smallest absolute Gasteiger partial charge is 0.256 e. The minimum Gasteiger partial charge on any atom is -0.356 e. The minimum atomic E-state index is -0.727. The molecule has 25 heavy (non-hydrogen) atoms. The van der Waals surface area contributed by atoms with Crippen LogP contribution in [0.25, 0.3) is 0 Å². The zero-order valence-corrected chi connectivity index (χ0v) is 13.8. The van der Waals surface area contributed by atoms with E-state index in [9.17, 15) is 14.4 Å². The van der Waals surface area contributed by atoms with Gasteiger partial charge in [0.1, 0.15) is 0 Å². The first-order valence-corrected chi connectivity index (χ1v) is 8.46. The molecule has 0 saturated carbocycles.